The van der Waals surface area contributed by atoms with E-state index < -0.39 is 0 Å². The van der Waals surface area contributed by atoms with Crippen molar-refractivity contribution in [1.82, 2.24) is 14.8 Å². The molecule has 1 atom stereocenters. The van der Waals surface area contributed by atoms with Crippen molar-refractivity contribution in [3.63, 3.8) is 0 Å². The molecular formula is C17H21N3O. The number of hydrogen-bond acceptors (Lipinski definition) is 3. The summed E-state index contributed by atoms with van der Waals surface area (Å²) in [6.45, 7) is 8.42. The molecule has 2 aromatic rings. The van der Waals surface area contributed by atoms with Crippen LogP contribution in [0.3, 0.4) is 0 Å². The molecule has 2 aromatic heterocycles. The molecule has 0 amide bonds. The van der Waals surface area contributed by atoms with Gasteiger partial charge in [-0.3, -0.25) is 4.79 Å². The molecule has 0 aromatic carbocycles. The molecule has 4 nitrogen and oxygen atoms in total. The topological polar surface area (TPSA) is 47.8 Å². The summed E-state index contributed by atoms with van der Waals surface area (Å²) in [7, 11) is 0. The molecule has 0 spiro atoms. The fraction of sp³-hybridized carbons (Fsp3) is 0.471. The van der Waals surface area contributed by atoms with Crippen molar-refractivity contribution in [2.75, 3.05) is 0 Å². The van der Waals surface area contributed by atoms with Gasteiger partial charge in [-0.05, 0) is 24.5 Å². The van der Waals surface area contributed by atoms with Crippen LogP contribution >= 0.6 is 0 Å². The zero-order valence-electron chi connectivity index (χ0n) is 13.1. The van der Waals surface area contributed by atoms with E-state index in [0.29, 0.717) is 12.3 Å². The van der Waals surface area contributed by atoms with Gasteiger partial charge in [0.15, 0.2) is 11.6 Å². The predicted octanol–water partition coefficient (Wildman–Crippen LogP) is 3.33. The van der Waals surface area contributed by atoms with Gasteiger partial charge in [0.25, 0.3) is 0 Å². The predicted molar refractivity (Wildman–Crippen MR) is 81.9 cm³/mol. The van der Waals surface area contributed by atoms with Gasteiger partial charge in [-0.1, -0.05) is 33.8 Å². The first-order valence-corrected chi connectivity index (χ1v) is 7.45. The van der Waals surface area contributed by atoms with Gasteiger partial charge >= 0.3 is 0 Å². The first-order valence-electron chi connectivity index (χ1n) is 7.45. The van der Waals surface area contributed by atoms with Crippen LogP contribution in [-0.4, -0.2) is 20.5 Å². The quantitative estimate of drug-likeness (QED) is 0.806. The molecule has 1 aliphatic carbocycles. The standard InChI is InChI=1S/C17H21N3O/c1-11-9-12-15(13(21)10-11)16(17(2,3)4)19-20(12)14-7-5-6-8-18-14/h5-8,11H,9-10H2,1-4H3. The largest absolute Gasteiger partial charge is 0.294 e. The van der Waals surface area contributed by atoms with E-state index in [1.54, 1.807) is 6.20 Å². The number of hydrogen-bond donors (Lipinski definition) is 0. The van der Waals surface area contributed by atoms with Crippen LogP contribution in [-0.2, 0) is 11.8 Å². The Kier molecular flexibility index (Phi) is 3.19. The van der Waals surface area contributed by atoms with Gasteiger partial charge in [-0.2, -0.15) is 5.10 Å². The third-order valence-corrected chi connectivity index (χ3v) is 3.91. The lowest BCUT2D eigenvalue weighted by Crippen LogP contribution is -2.22. The van der Waals surface area contributed by atoms with Crippen LogP contribution in [0.25, 0.3) is 5.82 Å². The lowest BCUT2D eigenvalue weighted by atomic mass is 9.81. The summed E-state index contributed by atoms with van der Waals surface area (Å²) >= 11 is 0. The van der Waals surface area contributed by atoms with E-state index in [0.717, 1.165) is 29.2 Å². The van der Waals surface area contributed by atoms with E-state index >= 15 is 0 Å². The minimum Gasteiger partial charge on any atom is -0.294 e. The van der Waals surface area contributed by atoms with Crippen molar-refractivity contribution in [2.45, 2.75) is 46.0 Å². The van der Waals surface area contributed by atoms with Crippen molar-refractivity contribution < 1.29 is 4.79 Å². The highest BCUT2D eigenvalue weighted by Gasteiger charge is 2.35. The van der Waals surface area contributed by atoms with Crippen molar-refractivity contribution in [3.05, 3.63) is 41.3 Å². The Morgan fingerprint density at radius 3 is 2.62 bits per heavy atom. The third kappa shape index (κ3) is 2.39. The average molecular weight is 283 g/mol. The third-order valence-electron chi connectivity index (χ3n) is 3.91. The Morgan fingerprint density at radius 2 is 2.00 bits per heavy atom. The number of ketones is 1. The number of nitrogens with zero attached hydrogens (tertiary/aromatic N) is 3. The Hall–Kier alpha value is -1.97. The highest BCUT2D eigenvalue weighted by Crippen LogP contribution is 2.34. The van der Waals surface area contributed by atoms with Crippen LogP contribution in [0.5, 0.6) is 0 Å². The average Bonchev–Trinajstić information content (AvgIpc) is 2.79. The number of aromatic nitrogens is 3. The molecule has 4 heteroatoms. The number of carbonyl (C=O) groups is 1. The second kappa shape index (κ2) is 4.79. The molecule has 0 saturated heterocycles. The molecule has 1 unspecified atom stereocenters. The maximum atomic E-state index is 12.5. The summed E-state index contributed by atoms with van der Waals surface area (Å²) in [6, 6.07) is 5.77. The van der Waals surface area contributed by atoms with Crippen LogP contribution in [0, 0.1) is 5.92 Å². The fourth-order valence-electron chi connectivity index (χ4n) is 2.95. The number of carbonyl (C=O) groups excluding carboxylic acids is 1. The number of pyridine rings is 1. The first kappa shape index (κ1) is 14.0. The van der Waals surface area contributed by atoms with Crippen molar-refractivity contribution in [2.24, 2.45) is 5.92 Å². The van der Waals surface area contributed by atoms with E-state index in [1.807, 2.05) is 22.9 Å². The van der Waals surface area contributed by atoms with E-state index in [9.17, 15) is 4.79 Å². The zero-order chi connectivity index (χ0) is 15.2. The maximum Gasteiger partial charge on any atom is 0.166 e. The maximum absolute atomic E-state index is 12.5. The van der Waals surface area contributed by atoms with Gasteiger partial charge in [-0.15, -0.1) is 0 Å². The first-order chi connectivity index (χ1) is 9.88. The molecule has 3 rings (SSSR count). The smallest absolute Gasteiger partial charge is 0.166 e. The molecule has 110 valence electrons. The summed E-state index contributed by atoms with van der Waals surface area (Å²) < 4.78 is 1.86. The van der Waals surface area contributed by atoms with Crippen molar-refractivity contribution >= 4 is 5.78 Å². The summed E-state index contributed by atoms with van der Waals surface area (Å²) in [6.07, 6.45) is 3.25. The number of fused-ring (bicyclic) bond motifs is 1. The Balaban J connectivity index is 2.25. The van der Waals surface area contributed by atoms with Gasteiger partial charge in [0, 0.05) is 18.0 Å². The summed E-state index contributed by atoms with van der Waals surface area (Å²) in [5, 5.41) is 4.75. The van der Waals surface area contributed by atoms with E-state index in [1.165, 1.54) is 0 Å². The van der Waals surface area contributed by atoms with Crippen LogP contribution in [0.2, 0.25) is 0 Å². The number of Topliss-reactive ketones (excluding diaryl/α,β-unsaturated/α-hetero) is 1. The molecule has 0 fully saturated rings. The summed E-state index contributed by atoms with van der Waals surface area (Å²) in [5.74, 6) is 1.36. The molecule has 0 bridgehead atoms. The Morgan fingerprint density at radius 1 is 1.24 bits per heavy atom. The van der Waals surface area contributed by atoms with Gasteiger partial charge in [0.2, 0.25) is 0 Å². The molecule has 0 saturated carbocycles. The van der Waals surface area contributed by atoms with E-state index in [-0.39, 0.29) is 11.2 Å². The summed E-state index contributed by atoms with van der Waals surface area (Å²) in [4.78, 5) is 16.9. The summed E-state index contributed by atoms with van der Waals surface area (Å²) in [5.41, 5.74) is 2.58. The van der Waals surface area contributed by atoms with Gasteiger partial charge < -0.3 is 0 Å². The SMILES string of the molecule is CC1CC(=O)c2c(C(C)(C)C)nn(-c3ccccn3)c2C1. The highest BCUT2D eigenvalue weighted by atomic mass is 16.1. The number of rotatable bonds is 1. The molecular weight excluding hydrogens is 262 g/mol. The van der Waals surface area contributed by atoms with Gasteiger partial charge in [0.05, 0.1) is 17.0 Å². The van der Waals surface area contributed by atoms with E-state index in [4.69, 9.17) is 5.10 Å². The van der Waals surface area contributed by atoms with Crippen molar-refractivity contribution in [1.29, 1.82) is 0 Å². The Bertz CT molecular complexity index is 680. The molecule has 0 N–H and O–H groups in total. The zero-order valence-corrected chi connectivity index (χ0v) is 13.1. The van der Waals surface area contributed by atoms with Crippen LogP contribution < -0.4 is 0 Å². The fourth-order valence-corrected chi connectivity index (χ4v) is 2.95. The van der Waals surface area contributed by atoms with E-state index in [2.05, 4.69) is 32.7 Å². The van der Waals surface area contributed by atoms with Crippen molar-refractivity contribution in [3.8, 4) is 5.82 Å². The monoisotopic (exact) mass is 283 g/mol. The molecule has 0 radical (unpaired) electrons. The van der Waals surface area contributed by atoms with Crippen LogP contribution in [0.1, 0.15) is 55.9 Å². The minimum atomic E-state index is -0.152. The lowest BCUT2D eigenvalue weighted by molar-refractivity contribution is 0.0950. The molecule has 21 heavy (non-hydrogen) atoms. The van der Waals surface area contributed by atoms with Gasteiger partial charge in [0.1, 0.15) is 0 Å². The van der Waals surface area contributed by atoms with Crippen LogP contribution in [0.15, 0.2) is 24.4 Å². The Labute approximate surface area is 125 Å². The molecule has 2 heterocycles. The van der Waals surface area contributed by atoms with Gasteiger partial charge in [-0.25, -0.2) is 9.67 Å². The minimum absolute atomic E-state index is 0.152. The second-order valence-electron chi connectivity index (χ2n) is 6.96. The molecule has 0 aliphatic heterocycles. The van der Waals surface area contributed by atoms with Crippen LogP contribution in [0.4, 0.5) is 0 Å². The second-order valence-corrected chi connectivity index (χ2v) is 6.96. The molecule has 1 aliphatic rings. The normalized spacial score (nSPS) is 18.7. The lowest BCUT2D eigenvalue weighted by Gasteiger charge is -2.21. The highest BCUT2D eigenvalue weighted by molar-refractivity contribution is 5.99.